The molecular weight excluding hydrogens is 241 g/mol. The lowest BCUT2D eigenvalue weighted by molar-refractivity contribution is -0.384. The molecule has 2 rings (SSSR count). The Morgan fingerprint density at radius 1 is 1.53 bits per heavy atom. The summed E-state index contributed by atoms with van der Waals surface area (Å²) in [6.45, 7) is 0. The number of nitrogens with one attached hydrogen (secondary N) is 1. The van der Waals surface area contributed by atoms with E-state index in [4.69, 9.17) is 11.6 Å². The molecule has 0 spiro atoms. The van der Waals surface area contributed by atoms with Gasteiger partial charge in [0.25, 0.3) is 5.69 Å². The van der Waals surface area contributed by atoms with Gasteiger partial charge < -0.3 is 0 Å². The number of alkyl halides is 1. The van der Waals surface area contributed by atoms with Crippen LogP contribution in [-0.4, -0.2) is 15.1 Å². The lowest BCUT2D eigenvalue weighted by Crippen LogP contribution is -1.86. The molecule has 2 aromatic rings. The van der Waals surface area contributed by atoms with Gasteiger partial charge in [0.2, 0.25) is 0 Å². The van der Waals surface area contributed by atoms with Crippen molar-refractivity contribution in [1.29, 1.82) is 0 Å². The molecule has 1 N–H and O–H groups in total. The van der Waals surface area contributed by atoms with E-state index in [1.807, 2.05) is 0 Å². The zero-order valence-electron chi connectivity index (χ0n) is 7.44. The van der Waals surface area contributed by atoms with Crippen molar-refractivity contribution in [2.45, 2.75) is 5.88 Å². The Kier molecular flexibility index (Phi) is 3.49. The molecule has 5 nitrogen and oxygen atoms in total. The number of nitro benzene ring substituents is 1. The molecule has 0 fully saturated rings. The Balaban J connectivity index is 0.00000112. The summed E-state index contributed by atoms with van der Waals surface area (Å²) < 4.78 is 0. The standard InChI is InChI=1S/C8H6ClN3O2.ClH/c9-4-8-6-2-1-5(12(13)14)3-7(6)10-11-8;/h1-3H,4H2,(H,10,11);1H. The summed E-state index contributed by atoms with van der Waals surface area (Å²) in [7, 11) is 0. The van der Waals surface area contributed by atoms with Gasteiger partial charge in [-0.2, -0.15) is 5.10 Å². The Morgan fingerprint density at radius 3 is 2.87 bits per heavy atom. The number of aromatic amines is 1. The molecule has 80 valence electrons. The first kappa shape index (κ1) is 11.7. The summed E-state index contributed by atoms with van der Waals surface area (Å²) in [6.07, 6.45) is 0. The van der Waals surface area contributed by atoms with Gasteiger partial charge in [0, 0.05) is 17.5 Å². The third kappa shape index (κ3) is 2.03. The van der Waals surface area contributed by atoms with Crippen molar-refractivity contribution in [1.82, 2.24) is 10.2 Å². The van der Waals surface area contributed by atoms with E-state index in [1.165, 1.54) is 12.1 Å². The van der Waals surface area contributed by atoms with Crippen LogP contribution < -0.4 is 0 Å². The van der Waals surface area contributed by atoms with Gasteiger partial charge >= 0.3 is 0 Å². The number of fused-ring (bicyclic) bond motifs is 1. The minimum Gasteiger partial charge on any atom is -0.280 e. The Bertz CT molecular complexity index is 498. The van der Waals surface area contributed by atoms with Crippen LogP contribution >= 0.6 is 24.0 Å². The second-order valence-corrected chi connectivity index (χ2v) is 3.06. The van der Waals surface area contributed by atoms with Gasteiger partial charge in [-0.3, -0.25) is 15.2 Å². The van der Waals surface area contributed by atoms with E-state index in [0.717, 1.165) is 11.1 Å². The van der Waals surface area contributed by atoms with E-state index in [9.17, 15) is 10.1 Å². The van der Waals surface area contributed by atoms with E-state index < -0.39 is 4.92 Å². The number of hydrogen-bond donors (Lipinski definition) is 1. The highest BCUT2D eigenvalue weighted by molar-refractivity contribution is 6.17. The van der Waals surface area contributed by atoms with Gasteiger partial charge in [0.05, 0.1) is 22.0 Å². The van der Waals surface area contributed by atoms with Crippen LogP contribution in [0.4, 0.5) is 5.69 Å². The van der Waals surface area contributed by atoms with Gasteiger partial charge in [-0.15, -0.1) is 24.0 Å². The molecule has 0 amide bonds. The molecule has 1 aromatic heterocycles. The molecule has 0 unspecified atom stereocenters. The topological polar surface area (TPSA) is 71.8 Å². The summed E-state index contributed by atoms with van der Waals surface area (Å²) >= 11 is 5.64. The van der Waals surface area contributed by atoms with Crippen LogP contribution in [0.3, 0.4) is 0 Å². The predicted molar refractivity (Wildman–Crippen MR) is 59.6 cm³/mol. The molecule has 1 heterocycles. The Morgan fingerprint density at radius 2 is 2.27 bits per heavy atom. The lowest BCUT2D eigenvalue weighted by Gasteiger charge is -1.91. The van der Waals surface area contributed by atoms with Crippen molar-refractivity contribution in [2.75, 3.05) is 0 Å². The van der Waals surface area contributed by atoms with Crippen molar-refractivity contribution < 1.29 is 4.92 Å². The van der Waals surface area contributed by atoms with E-state index in [1.54, 1.807) is 6.07 Å². The second-order valence-electron chi connectivity index (χ2n) is 2.79. The van der Waals surface area contributed by atoms with Gasteiger partial charge in [-0.05, 0) is 6.07 Å². The molecule has 15 heavy (non-hydrogen) atoms. The van der Waals surface area contributed by atoms with E-state index in [-0.39, 0.29) is 18.1 Å². The number of benzene rings is 1. The van der Waals surface area contributed by atoms with Crippen molar-refractivity contribution in [3.63, 3.8) is 0 Å². The highest BCUT2D eigenvalue weighted by Gasteiger charge is 2.10. The van der Waals surface area contributed by atoms with E-state index >= 15 is 0 Å². The molecule has 0 aliphatic carbocycles. The SMILES string of the molecule is Cl.O=[N+]([O-])c1ccc2c(CCl)[nH]nc2c1. The number of H-pyrrole nitrogens is 1. The lowest BCUT2D eigenvalue weighted by atomic mass is 10.2. The summed E-state index contributed by atoms with van der Waals surface area (Å²) in [5.41, 5.74) is 1.37. The van der Waals surface area contributed by atoms with Gasteiger partial charge in [0.1, 0.15) is 0 Å². The van der Waals surface area contributed by atoms with Crippen molar-refractivity contribution in [3.8, 4) is 0 Å². The molecule has 7 heteroatoms. The smallest absolute Gasteiger partial charge is 0.271 e. The average Bonchev–Trinajstić information content (AvgIpc) is 2.59. The minimum atomic E-state index is -0.450. The average molecular weight is 248 g/mol. The molecule has 1 aromatic carbocycles. The molecule has 0 atom stereocenters. The van der Waals surface area contributed by atoms with Crippen LogP contribution in [0, 0.1) is 10.1 Å². The highest BCUT2D eigenvalue weighted by Crippen LogP contribution is 2.22. The zero-order valence-corrected chi connectivity index (χ0v) is 9.01. The third-order valence-electron chi connectivity index (χ3n) is 1.96. The minimum absolute atomic E-state index is 0. The fourth-order valence-corrected chi connectivity index (χ4v) is 1.47. The molecule has 0 radical (unpaired) electrons. The molecule has 0 saturated heterocycles. The zero-order chi connectivity index (χ0) is 10.1. The molecular formula is C8H7Cl2N3O2. The van der Waals surface area contributed by atoms with Crippen LogP contribution in [0.2, 0.25) is 0 Å². The number of rotatable bonds is 2. The second kappa shape index (κ2) is 4.46. The van der Waals surface area contributed by atoms with Crippen LogP contribution in [0.5, 0.6) is 0 Å². The number of nitrogens with zero attached hydrogens (tertiary/aromatic N) is 2. The van der Waals surface area contributed by atoms with Crippen LogP contribution in [0.1, 0.15) is 5.69 Å². The Labute approximate surface area is 96.0 Å². The van der Waals surface area contributed by atoms with Crippen molar-refractivity contribution in [3.05, 3.63) is 34.0 Å². The molecule has 0 bridgehead atoms. The summed E-state index contributed by atoms with van der Waals surface area (Å²) in [5, 5.41) is 17.9. The fraction of sp³-hybridized carbons (Fsp3) is 0.125. The maximum atomic E-state index is 10.5. The number of halogens is 2. The number of hydrogen-bond acceptors (Lipinski definition) is 3. The third-order valence-corrected chi connectivity index (χ3v) is 2.23. The van der Waals surface area contributed by atoms with Gasteiger partial charge in [-0.25, -0.2) is 0 Å². The van der Waals surface area contributed by atoms with Crippen molar-refractivity contribution >= 4 is 40.6 Å². The van der Waals surface area contributed by atoms with Crippen LogP contribution in [0.15, 0.2) is 18.2 Å². The normalized spacial score (nSPS) is 9.93. The van der Waals surface area contributed by atoms with E-state index in [2.05, 4.69) is 10.2 Å². The summed E-state index contributed by atoms with van der Waals surface area (Å²) in [5.74, 6) is 0.314. The largest absolute Gasteiger partial charge is 0.280 e. The highest BCUT2D eigenvalue weighted by atomic mass is 35.5. The van der Waals surface area contributed by atoms with Crippen LogP contribution in [-0.2, 0) is 5.88 Å². The number of non-ortho nitro benzene ring substituents is 1. The van der Waals surface area contributed by atoms with Gasteiger partial charge in [-0.1, -0.05) is 0 Å². The fourth-order valence-electron chi connectivity index (χ4n) is 1.27. The van der Waals surface area contributed by atoms with Crippen molar-refractivity contribution in [2.24, 2.45) is 0 Å². The quantitative estimate of drug-likeness (QED) is 0.504. The molecule has 0 saturated carbocycles. The number of aromatic nitrogens is 2. The first-order chi connectivity index (χ1) is 6.72. The first-order valence-corrected chi connectivity index (χ1v) is 4.43. The van der Waals surface area contributed by atoms with Gasteiger partial charge in [0.15, 0.2) is 0 Å². The number of nitro groups is 1. The Hall–Kier alpha value is -1.33. The first-order valence-electron chi connectivity index (χ1n) is 3.89. The van der Waals surface area contributed by atoms with Crippen LogP contribution in [0.25, 0.3) is 10.9 Å². The summed E-state index contributed by atoms with van der Waals surface area (Å²) in [6, 6.07) is 4.50. The predicted octanol–water partition coefficient (Wildman–Crippen LogP) is 2.63. The molecule has 0 aliphatic rings. The monoisotopic (exact) mass is 247 g/mol. The maximum absolute atomic E-state index is 10.5. The van der Waals surface area contributed by atoms with E-state index in [0.29, 0.717) is 11.4 Å². The maximum Gasteiger partial charge on any atom is 0.271 e. The molecule has 0 aliphatic heterocycles. The summed E-state index contributed by atoms with van der Waals surface area (Å²) in [4.78, 5) is 10.0.